The molecule has 0 heterocycles. The highest BCUT2D eigenvalue weighted by Crippen LogP contribution is 2.04. The molecule has 0 bridgehead atoms. The molecule has 0 unspecified atom stereocenters. The Labute approximate surface area is 120 Å². The molecule has 2 atom stereocenters. The Balaban J connectivity index is 4.46. The van der Waals surface area contributed by atoms with Gasteiger partial charge in [-0.25, -0.2) is 0 Å². The van der Waals surface area contributed by atoms with Gasteiger partial charge in [0.2, 0.25) is 9.70 Å². The Kier molecular flexibility index (Phi) is 8.90. The first kappa shape index (κ1) is 17.3. The van der Waals surface area contributed by atoms with Crippen LogP contribution in [0.15, 0.2) is 0 Å². The second-order valence-corrected chi connectivity index (χ2v) is 5.01. The number of carbonyl (C=O) groups is 3. The minimum absolute atomic E-state index is 0.331. The Morgan fingerprint density at radius 3 is 2.28 bits per heavy atom. The Bertz CT molecular complexity index is 309. The summed E-state index contributed by atoms with van der Waals surface area (Å²) in [5.41, 5.74) is 0. The maximum atomic E-state index is 11.9. The van der Waals surface area contributed by atoms with E-state index in [1.54, 1.807) is 7.05 Å². The number of hydrogen-bond donors (Lipinski definition) is 3. The normalized spacial score (nSPS) is 13.7. The van der Waals surface area contributed by atoms with Gasteiger partial charge in [-0.15, -0.1) is 0 Å². The molecule has 0 radical (unpaired) electrons. The number of rotatable bonds is 9. The highest BCUT2D eigenvalue weighted by atomic mass is 127. The van der Waals surface area contributed by atoms with Gasteiger partial charge in [-0.05, 0) is 13.5 Å². The molecule has 0 saturated carbocycles. The largest absolute Gasteiger partial charge is 0.481 e. The number of carbonyl (C=O) groups excluding carboxylic acids is 2. The zero-order valence-corrected chi connectivity index (χ0v) is 12.7. The highest BCUT2D eigenvalue weighted by Gasteiger charge is 2.24. The number of unbranched alkanes of at least 4 members (excludes halogenated alkanes) is 1. The van der Waals surface area contributed by atoms with Crippen LogP contribution in [-0.2, 0) is 14.4 Å². The summed E-state index contributed by atoms with van der Waals surface area (Å²) in [6, 6.07) is -1.36. The van der Waals surface area contributed by atoms with Crippen molar-refractivity contribution in [3.05, 3.63) is 0 Å². The summed E-state index contributed by atoms with van der Waals surface area (Å²) in [4.78, 5) is 33.7. The average Bonchev–Trinajstić information content (AvgIpc) is 2.28. The van der Waals surface area contributed by atoms with Gasteiger partial charge in [0.05, 0.1) is 12.5 Å². The van der Waals surface area contributed by atoms with Gasteiger partial charge in [-0.2, -0.15) is 0 Å². The maximum absolute atomic E-state index is 11.9. The van der Waals surface area contributed by atoms with Gasteiger partial charge in [-0.3, -0.25) is 14.4 Å². The summed E-state index contributed by atoms with van der Waals surface area (Å²) in [6.07, 6.45) is 2.13. The zero-order valence-electron chi connectivity index (χ0n) is 10.5. The van der Waals surface area contributed by atoms with Gasteiger partial charge in [0.15, 0.2) is 0 Å². The van der Waals surface area contributed by atoms with Crippen LogP contribution in [-0.4, -0.2) is 39.9 Å². The van der Waals surface area contributed by atoms with Crippen molar-refractivity contribution < 1.29 is 19.5 Å². The minimum atomic E-state index is -1.11. The van der Waals surface area contributed by atoms with E-state index in [4.69, 9.17) is 5.11 Å². The van der Waals surface area contributed by atoms with E-state index in [0.717, 1.165) is 12.8 Å². The number of hydrogen-bond acceptors (Lipinski definition) is 4. The van der Waals surface area contributed by atoms with E-state index in [0.29, 0.717) is 6.42 Å². The lowest BCUT2D eigenvalue weighted by Crippen LogP contribution is -2.49. The lowest BCUT2D eigenvalue weighted by molar-refractivity contribution is -0.139. The lowest BCUT2D eigenvalue weighted by Gasteiger charge is -2.19. The predicted octanol–water partition coefficient (Wildman–Crippen LogP) is 0.686. The van der Waals surface area contributed by atoms with E-state index in [1.807, 2.05) is 6.92 Å². The molecule has 0 aromatic rings. The molecule has 0 aromatic heterocycles. The van der Waals surface area contributed by atoms with E-state index in [2.05, 4.69) is 10.6 Å². The molecule has 0 spiro atoms. The van der Waals surface area contributed by atoms with Crippen LogP contribution in [0.1, 0.15) is 32.6 Å². The number of carboxylic acids is 1. The fourth-order valence-corrected chi connectivity index (χ4v) is 1.83. The van der Waals surface area contributed by atoms with Crippen LogP contribution >= 0.6 is 22.6 Å². The highest BCUT2D eigenvalue weighted by molar-refractivity contribution is 14.1. The topological polar surface area (TPSA) is 95.5 Å². The minimum Gasteiger partial charge on any atom is -0.481 e. The number of likely N-dealkylation sites (N-methyl/N-ethyl adjacent to an activating group) is 1. The quantitative estimate of drug-likeness (QED) is 0.410. The van der Waals surface area contributed by atoms with Crippen molar-refractivity contribution in [3.63, 3.8) is 0 Å². The van der Waals surface area contributed by atoms with Gasteiger partial charge >= 0.3 is 5.97 Å². The van der Waals surface area contributed by atoms with Gasteiger partial charge in [-0.1, -0.05) is 19.8 Å². The first-order chi connectivity index (χ1) is 8.42. The van der Waals surface area contributed by atoms with Crippen molar-refractivity contribution >= 4 is 38.3 Å². The number of nitrogens with one attached hydrogen (secondary N) is 2. The molecule has 104 valence electrons. The molecule has 1 amide bonds. The van der Waals surface area contributed by atoms with Crippen molar-refractivity contribution in [3.8, 4) is 0 Å². The Hall–Kier alpha value is -0.700. The summed E-state index contributed by atoms with van der Waals surface area (Å²) in [6.45, 7) is 2.02. The van der Waals surface area contributed by atoms with Crippen molar-refractivity contribution in [2.75, 3.05) is 7.05 Å². The van der Waals surface area contributed by atoms with Crippen LogP contribution in [0.3, 0.4) is 0 Å². The van der Waals surface area contributed by atoms with E-state index in [-0.39, 0.29) is 9.70 Å². The monoisotopic (exact) mass is 370 g/mol. The summed E-state index contributed by atoms with van der Waals surface area (Å²) in [7, 11) is 1.66. The Morgan fingerprint density at radius 1 is 1.28 bits per heavy atom. The molecule has 0 aliphatic rings. The maximum Gasteiger partial charge on any atom is 0.305 e. The average molecular weight is 370 g/mol. The fraction of sp³-hybridized carbons (Fsp3) is 0.727. The molecule has 18 heavy (non-hydrogen) atoms. The predicted molar refractivity (Wildman–Crippen MR) is 75.6 cm³/mol. The zero-order chi connectivity index (χ0) is 14.1. The van der Waals surface area contributed by atoms with Crippen molar-refractivity contribution in [1.29, 1.82) is 0 Å². The van der Waals surface area contributed by atoms with Gasteiger partial charge in [0.25, 0.3) is 0 Å². The van der Waals surface area contributed by atoms with Crippen LogP contribution in [0.4, 0.5) is 0 Å². The third kappa shape index (κ3) is 6.90. The van der Waals surface area contributed by atoms with E-state index < -0.39 is 24.5 Å². The van der Waals surface area contributed by atoms with Crippen LogP contribution in [0, 0.1) is 0 Å². The van der Waals surface area contributed by atoms with Crippen LogP contribution in [0.5, 0.6) is 0 Å². The third-order valence-electron chi connectivity index (χ3n) is 2.48. The van der Waals surface area contributed by atoms with Crippen LogP contribution in [0.25, 0.3) is 0 Å². The molecule has 0 aliphatic heterocycles. The number of aliphatic carboxylic acids is 1. The SMILES string of the molecule is CCCC[C@H](NC)C(=O)N[C@@H](CC(=O)O)C(=O)I. The molecular weight excluding hydrogens is 351 g/mol. The van der Waals surface area contributed by atoms with Crippen LogP contribution in [0.2, 0.25) is 0 Å². The smallest absolute Gasteiger partial charge is 0.305 e. The second-order valence-electron chi connectivity index (χ2n) is 3.95. The van der Waals surface area contributed by atoms with E-state index >= 15 is 0 Å². The number of halogens is 1. The van der Waals surface area contributed by atoms with E-state index in [1.165, 1.54) is 22.6 Å². The first-order valence-corrected chi connectivity index (χ1v) is 6.89. The molecule has 0 aliphatic carbocycles. The number of amides is 1. The van der Waals surface area contributed by atoms with Crippen LogP contribution < -0.4 is 10.6 Å². The molecule has 0 fully saturated rings. The van der Waals surface area contributed by atoms with Gasteiger partial charge in [0.1, 0.15) is 6.04 Å². The summed E-state index contributed by atoms with van der Waals surface area (Å²) >= 11 is 1.50. The van der Waals surface area contributed by atoms with E-state index in [9.17, 15) is 14.4 Å². The number of carboxylic acid groups (broad SMARTS) is 1. The lowest BCUT2D eigenvalue weighted by atomic mass is 10.1. The second kappa shape index (κ2) is 9.26. The fourth-order valence-electron chi connectivity index (χ4n) is 1.45. The van der Waals surface area contributed by atoms with Gasteiger partial charge in [0, 0.05) is 22.6 Å². The van der Waals surface area contributed by atoms with Crippen molar-refractivity contribution in [2.45, 2.75) is 44.7 Å². The standard InChI is InChI=1S/C11H19IN2O4/c1-3-4-5-7(13-2)11(18)14-8(10(12)17)6-9(15)16/h7-8,13H,3-6H2,1-2H3,(H,14,18)(H,15,16)/t7-,8-/m0/s1. The summed E-state index contributed by atoms with van der Waals surface area (Å²) < 4.78 is -0.381. The summed E-state index contributed by atoms with van der Waals surface area (Å²) in [5.74, 6) is -1.44. The first-order valence-electron chi connectivity index (χ1n) is 5.81. The van der Waals surface area contributed by atoms with Crippen molar-refractivity contribution in [2.24, 2.45) is 0 Å². The van der Waals surface area contributed by atoms with Gasteiger partial charge < -0.3 is 15.7 Å². The molecule has 3 N–H and O–H groups in total. The molecular formula is C11H19IN2O4. The van der Waals surface area contributed by atoms with Crippen molar-refractivity contribution in [1.82, 2.24) is 10.6 Å². The molecule has 0 rings (SSSR count). The molecule has 0 saturated heterocycles. The molecule has 0 aromatic carbocycles. The Morgan fingerprint density at radius 2 is 1.89 bits per heavy atom. The summed E-state index contributed by atoms with van der Waals surface area (Å²) in [5, 5.41) is 14.0. The molecule has 7 heteroatoms. The third-order valence-corrected chi connectivity index (χ3v) is 3.23. The molecule has 6 nitrogen and oxygen atoms in total.